The highest BCUT2D eigenvalue weighted by Crippen LogP contribution is 2.17. The van der Waals surface area contributed by atoms with E-state index in [4.69, 9.17) is 14.6 Å². The van der Waals surface area contributed by atoms with Gasteiger partial charge in [-0.1, -0.05) is 239 Å². The first-order valence-electron chi connectivity index (χ1n) is 31.8. The van der Waals surface area contributed by atoms with Crippen LogP contribution in [-0.2, 0) is 23.9 Å². The normalized spacial score (nSPS) is 11.5. The molecule has 0 rings (SSSR count). The van der Waals surface area contributed by atoms with Crippen molar-refractivity contribution in [2.75, 3.05) is 59.1 Å². The number of hydrogen-bond acceptors (Lipinski definition) is 8. The van der Waals surface area contributed by atoms with E-state index in [1.54, 1.807) is 0 Å². The zero-order valence-electron chi connectivity index (χ0n) is 48.1. The van der Waals surface area contributed by atoms with E-state index in [0.29, 0.717) is 31.8 Å². The van der Waals surface area contributed by atoms with Crippen molar-refractivity contribution in [2.24, 2.45) is 0 Å². The average molecular weight is 1020 g/mol. The second-order valence-electron chi connectivity index (χ2n) is 21.8. The van der Waals surface area contributed by atoms with Crippen LogP contribution in [0.1, 0.15) is 322 Å². The summed E-state index contributed by atoms with van der Waals surface area (Å²) in [4.78, 5) is 39.9. The SMILES string of the molecule is CCCCCCCCCCCCCCCCCCCCCOC(=O)CCCCCCCN(CCCCCCCC(=O)O)CCCN(CCCO)CCCCCCCC(=C=O)OCCCCCCCCCCC. The van der Waals surface area contributed by atoms with Crippen LogP contribution in [0, 0.1) is 0 Å². The Kier molecular flexibility index (Phi) is 58.3. The van der Waals surface area contributed by atoms with Gasteiger partial charge in [-0.25, -0.2) is 4.79 Å². The molecule has 0 aliphatic carbocycles. The lowest BCUT2D eigenvalue weighted by Crippen LogP contribution is -2.33. The molecule has 0 unspecified atom stereocenters. The number of nitrogens with zero attached hydrogens (tertiary/aromatic N) is 2. The Morgan fingerprint density at radius 3 is 1.00 bits per heavy atom. The first-order chi connectivity index (χ1) is 35.5. The smallest absolute Gasteiger partial charge is 0.305 e. The van der Waals surface area contributed by atoms with Crippen LogP contribution in [0.4, 0.5) is 0 Å². The summed E-state index contributed by atoms with van der Waals surface area (Å²) in [5.41, 5.74) is 0. The minimum absolute atomic E-state index is 0.0258. The lowest BCUT2D eigenvalue weighted by Gasteiger charge is -2.26. The molecule has 9 nitrogen and oxygen atoms in total. The number of aliphatic carboxylic acids is 1. The van der Waals surface area contributed by atoms with Crippen molar-refractivity contribution in [1.29, 1.82) is 0 Å². The number of aliphatic hydroxyl groups is 1. The van der Waals surface area contributed by atoms with Gasteiger partial charge in [-0.05, 0) is 96.9 Å². The van der Waals surface area contributed by atoms with Crippen LogP contribution in [-0.4, -0.2) is 97.0 Å². The predicted molar refractivity (Wildman–Crippen MR) is 307 cm³/mol. The summed E-state index contributed by atoms with van der Waals surface area (Å²) in [5, 5.41) is 18.6. The van der Waals surface area contributed by atoms with Crippen LogP contribution < -0.4 is 0 Å². The molecule has 0 bridgehead atoms. The minimum atomic E-state index is -0.696. The van der Waals surface area contributed by atoms with Crippen LogP contribution in [0.3, 0.4) is 0 Å². The minimum Gasteiger partial charge on any atom is -0.487 e. The molecule has 9 heteroatoms. The number of hydrogen-bond donors (Lipinski definition) is 2. The van der Waals surface area contributed by atoms with Gasteiger partial charge in [-0.3, -0.25) is 9.59 Å². The van der Waals surface area contributed by atoms with E-state index in [2.05, 4.69) is 23.6 Å². The third-order valence-corrected chi connectivity index (χ3v) is 14.8. The van der Waals surface area contributed by atoms with Gasteiger partial charge in [0, 0.05) is 32.4 Å². The van der Waals surface area contributed by atoms with Gasteiger partial charge >= 0.3 is 11.9 Å². The number of aliphatic hydroxyl groups excluding tert-OH is 1. The molecule has 0 fully saturated rings. The third-order valence-electron chi connectivity index (χ3n) is 14.8. The fraction of sp³-hybridized carbons (Fsp3) is 0.937. The number of unbranched alkanes of at least 4 members (excludes halogenated alkanes) is 38. The number of allylic oxidation sites excluding steroid dienone is 1. The van der Waals surface area contributed by atoms with Crippen LogP contribution in [0.5, 0.6) is 0 Å². The molecule has 0 amide bonds. The van der Waals surface area contributed by atoms with Gasteiger partial charge < -0.3 is 29.5 Å². The molecule has 426 valence electrons. The molecule has 0 aliphatic heterocycles. The molecule has 0 aromatic rings. The molecule has 0 heterocycles. The molecule has 0 aromatic carbocycles. The monoisotopic (exact) mass is 1020 g/mol. The molecule has 0 spiro atoms. The zero-order chi connectivity index (χ0) is 52.3. The maximum atomic E-state index is 12.4. The highest BCUT2D eigenvalue weighted by molar-refractivity contribution is 5.69. The molecular weight excluding hydrogens is 897 g/mol. The quantitative estimate of drug-likeness (QED) is 0.0266. The molecule has 0 aliphatic rings. The number of carboxylic acids is 1. The Bertz CT molecular complexity index is 1160. The molecule has 0 saturated carbocycles. The van der Waals surface area contributed by atoms with Crippen molar-refractivity contribution in [3.05, 3.63) is 5.76 Å². The van der Waals surface area contributed by atoms with Crippen LogP contribution in [0.25, 0.3) is 0 Å². The predicted octanol–water partition coefficient (Wildman–Crippen LogP) is 17.7. The Morgan fingerprint density at radius 1 is 0.347 bits per heavy atom. The first-order valence-corrected chi connectivity index (χ1v) is 31.8. The highest BCUT2D eigenvalue weighted by Gasteiger charge is 2.10. The third kappa shape index (κ3) is 55.8. The van der Waals surface area contributed by atoms with Gasteiger partial charge in [0.05, 0.1) is 13.2 Å². The summed E-state index contributed by atoms with van der Waals surface area (Å²) in [6.07, 6.45) is 57.1. The van der Waals surface area contributed by atoms with Gasteiger partial charge in [-0.15, -0.1) is 0 Å². The van der Waals surface area contributed by atoms with E-state index < -0.39 is 5.97 Å². The van der Waals surface area contributed by atoms with E-state index in [-0.39, 0.29) is 19.0 Å². The van der Waals surface area contributed by atoms with Gasteiger partial charge in [0.1, 0.15) is 0 Å². The van der Waals surface area contributed by atoms with E-state index >= 15 is 0 Å². The van der Waals surface area contributed by atoms with E-state index in [9.17, 15) is 19.5 Å². The molecule has 0 saturated heterocycles. The Hall–Kier alpha value is -1.93. The van der Waals surface area contributed by atoms with Crippen molar-refractivity contribution in [3.63, 3.8) is 0 Å². The summed E-state index contributed by atoms with van der Waals surface area (Å²) in [6, 6.07) is 0. The van der Waals surface area contributed by atoms with Crippen molar-refractivity contribution < 1.29 is 34.1 Å². The summed E-state index contributed by atoms with van der Waals surface area (Å²) in [6.45, 7) is 12.3. The summed E-state index contributed by atoms with van der Waals surface area (Å²) in [7, 11) is 0. The second-order valence-corrected chi connectivity index (χ2v) is 21.8. The highest BCUT2D eigenvalue weighted by atomic mass is 16.5. The number of carbonyl (C=O) groups is 2. The molecule has 72 heavy (non-hydrogen) atoms. The summed E-state index contributed by atoms with van der Waals surface area (Å²) in [5.74, 6) is 1.83. The van der Waals surface area contributed by atoms with Crippen LogP contribution in [0.2, 0.25) is 0 Å². The summed E-state index contributed by atoms with van der Waals surface area (Å²) < 4.78 is 11.3. The Morgan fingerprint density at radius 2 is 0.639 bits per heavy atom. The number of ether oxygens (including phenoxy) is 2. The Labute approximate surface area is 446 Å². The Balaban J connectivity index is 4.20. The number of carboxylic acid groups (broad SMARTS) is 1. The molecule has 0 atom stereocenters. The van der Waals surface area contributed by atoms with Crippen molar-refractivity contribution in [2.45, 2.75) is 322 Å². The lowest BCUT2D eigenvalue weighted by atomic mass is 10.0. The molecule has 0 radical (unpaired) electrons. The average Bonchev–Trinajstić information content (AvgIpc) is 3.38. The largest absolute Gasteiger partial charge is 0.487 e. The summed E-state index contributed by atoms with van der Waals surface area (Å²) >= 11 is 0. The second kappa shape index (κ2) is 59.9. The fourth-order valence-corrected chi connectivity index (χ4v) is 10.1. The molecule has 0 aromatic heterocycles. The zero-order valence-corrected chi connectivity index (χ0v) is 48.1. The maximum Gasteiger partial charge on any atom is 0.305 e. The van der Waals surface area contributed by atoms with E-state index in [1.807, 2.05) is 5.94 Å². The number of esters is 1. The van der Waals surface area contributed by atoms with Gasteiger partial charge in [0.2, 0.25) is 0 Å². The molecule has 2 N–H and O–H groups in total. The van der Waals surface area contributed by atoms with Crippen molar-refractivity contribution in [3.8, 4) is 0 Å². The van der Waals surface area contributed by atoms with Crippen LogP contribution in [0.15, 0.2) is 5.76 Å². The van der Waals surface area contributed by atoms with Crippen molar-refractivity contribution in [1.82, 2.24) is 9.80 Å². The topological polar surface area (TPSA) is 117 Å². The maximum absolute atomic E-state index is 12.4. The number of carbonyl (C=O) groups excluding carboxylic acids is 2. The van der Waals surface area contributed by atoms with Crippen molar-refractivity contribution >= 4 is 17.9 Å². The van der Waals surface area contributed by atoms with Gasteiger partial charge in [0.25, 0.3) is 0 Å². The number of rotatable bonds is 62. The lowest BCUT2D eigenvalue weighted by molar-refractivity contribution is -0.144. The van der Waals surface area contributed by atoms with Crippen LogP contribution >= 0.6 is 0 Å². The fourth-order valence-electron chi connectivity index (χ4n) is 10.1. The van der Waals surface area contributed by atoms with E-state index in [1.165, 1.54) is 186 Å². The van der Waals surface area contributed by atoms with Gasteiger partial charge in [0.15, 0.2) is 11.7 Å². The van der Waals surface area contributed by atoms with Gasteiger partial charge in [-0.2, -0.15) is 0 Å². The first kappa shape index (κ1) is 70.1. The standard InChI is InChI=1S/C63H122N2O7/c1-3-5-7-9-11-13-14-15-16-17-18-19-20-21-22-24-26-37-45-59-72-63(70)50-40-32-29-35-42-52-64(51-41-34-28-31-39-49-62(68)69)54-46-55-65(56-47-57-66)53-43-33-27-30-38-48-61(60-67)71-58-44-36-25-23-12-10-8-6-4-2/h66H,3-59H2,1-2H3,(H,68,69). The van der Waals surface area contributed by atoms with E-state index in [0.717, 1.165) is 142 Å². The molecular formula is C63H122N2O7.